The Kier molecular flexibility index (Phi) is 4.85. The molecule has 8 heteroatoms. The van der Waals surface area contributed by atoms with Gasteiger partial charge >= 0.3 is 5.69 Å². The number of ether oxygens (including phenoxy) is 2. The first-order valence-electron chi connectivity index (χ1n) is 6.76. The summed E-state index contributed by atoms with van der Waals surface area (Å²) in [5, 5.41) is 5.61. The van der Waals surface area contributed by atoms with Crippen molar-refractivity contribution >= 4 is 12.0 Å². The normalized spacial score (nSPS) is 10.8. The van der Waals surface area contributed by atoms with Crippen molar-refractivity contribution in [3.05, 3.63) is 50.7 Å². The van der Waals surface area contributed by atoms with Gasteiger partial charge in [-0.05, 0) is 12.1 Å². The highest BCUT2D eigenvalue weighted by atomic mass is 16.5. The molecule has 2 aromatic rings. The van der Waals surface area contributed by atoms with Crippen LogP contribution < -0.4 is 25.7 Å². The Morgan fingerprint density at radius 3 is 2.57 bits per heavy atom. The molecule has 0 aliphatic rings. The third-order valence-corrected chi connectivity index (χ3v) is 3.29. The molecule has 0 aliphatic carbocycles. The van der Waals surface area contributed by atoms with Gasteiger partial charge in [-0.25, -0.2) is 4.79 Å². The van der Waals surface area contributed by atoms with Crippen LogP contribution in [0.2, 0.25) is 0 Å². The lowest BCUT2D eigenvalue weighted by Gasteiger charge is -2.13. The maximum atomic E-state index is 11.6. The van der Waals surface area contributed by atoms with Crippen LogP contribution in [0.25, 0.3) is 0 Å². The van der Waals surface area contributed by atoms with Crippen LogP contribution >= 0.6 is 0 Å². The smallest absolute Gasteiger partial charge is 0.329 e. The van der Waals surface area contributed by atoms with Gasteiger partial charge in [0.05, 0.1) is 20.4 Å². The summed E-state index contributed by atoms with van der Waals surface area (Å²) in [5.74, 6) is 1.56. The van der Waals surface area contributed by atoms with E-state index in [-0.39, 0.29) is 0 Å². The number of aromatic amines is 1. The summed E-state index contributed by atoms with van der Waals surface area (Å²) in [4.78, 5) is 25.8. The zero-order chi connectivity index (χ0) is 17.0. The Labute approximate surface area is 132 Å². The van der Waals surface area contributed by atoms with Gasteiger partial charge in [0.1, 0.15) is 17.3 Å². The molecule has 0 radical (unpaired) electrons. The van der Waals surface area contributed by atoms with E-state index in [4.69, 9.17) is 9.47 Å². The van der Waals surface area contributed by atoms with Crippen LogP contribution in [0, 0.1) is 0 Å². The van der Waals surface area contributed by atoms with Crippen molar-refractivity contribution in [2.45, 2.75) is 0 Å². The van der Waals surface area contributed by atoms with Crippen molar-refractivity contribution in [3.63, 3.8) is 0 Å². The van der Waals surface area contributed by atoms with E-state index in [1.807, 2.05) is 0 Å². The van der Waals surface area contributed by atoms with E-state index in [0.717, 1.165) is 10.1 Å². The maximum Gasteiger partial charge on any atom is 0.329 e. The molecule has 8 nitrogen and oxygen atoms in total. The number of anilines is 1. The SMILES string of the molecule is COc1ccc(/C=N/N(C)c2cc(=O)n(C)c(=O)[nH]2)c(OC)c1. The van der Waals surface area contributed by atoms with Crippen molar-refractivity contribution in [3.8, 4) is 11.5 Å². The van der Waals surface area contributed by atoms with Gasteiger partial charge in [-0.3, -0.25) is 19.4 Å². The molecule has 0 atom stereocenters. The fraction of sp³-hybridized carbons (Fsp3) is 0.267. The van der Waals surface area contributed by atoms with E-state index in [1.165, 1.54) is 18.1 Å². The number of nitrogens with one attached hydrogen (secondary N) is 1. The number of hydrogen-bond donors (Lipinski definition) is 1. The molecule has 0 amide bonds. The molecular formula is C15H18N4O4. The zero-order valence-electron chi connectivity index (χ0n) is 13.4. The van der Waals surface area contributed by atoms with E-state index in [9.17, 15) is 9.59 Å². The molecule has 0 saturated carbocycles. The first-order valence-corrected chi connectivity index (χ1v) is 6.76. The van der Waals surface area contributed by atoms with Gasteiger partial charge < -0.3 is 9.47 Å². The van der Waals surface area contributed by atoms with E-state index in [0.29, 0.717) is 17.3 Å². The van der Waals surface area contributed by atoms with Crippen LogP contribution in [0.4, 0.5) is 5.82 Å². The second kappa shape index (κ2) is 6.82. The van der Waals surface area contributed by atoms with Gasteiger partial charge in [0.15, 0.2) is 0 Å². The van der Waals surface area contributed by atoms with Crippen LogP contribution in [0.5, 0.6) is 11.5 Å². The fourth-order valence-corrected chi connectivity index (χ4v) is 1.85. The van der Waals surface area contributed by atoms with Crippen LogP contribution in [0.1, 0.15) is 5.56 Å². The number of hydrazone groups is 1. The predicted molar refractivity (Wildman–Crippen MR) is 87.8 cm³/mol. The van der Waals surface area contributed by atoms with Gasteiger partial charge in [0.25, 0.3) is 5.56 Å². The number of hydrogen-bond acceptors (Lipinski definition) is 6. The second-order valence-corrected chi connectivity index (χ2v) is 4.73. The Morgan fingerprint density at radius 2 is 1.96 bits per heavy atom. The van der Waals surface area contributed by atoms with Gasteiger partial charge in [0, 0.05) is 31.8 Å². The quantitative estimate of drug-likeness (QED) is 0.643. The zero-order valence-corrected chi connectivity index (χ0v) is 13.4. The summed E-state index contributed by atoms with van der Waals surface area (Å²) in [6, 6.07) is 6.61. The van der Waals surface area contributed by atoms with E-state index < -0.39 is 11.2 Å². The van der Waals surface area contributed by atoms with Gasteiger partial charge in [0.2, 0.25) is 0 Å². The number of nitrogens with zero attached hydrogens (tertiary/aromatic N) is 3. The number of aromatic nitrogens is 2. The summed E-state index contributed by atoms with van der Waals surface area (Å²) >= 11 is 0. The highest BCUT2D eigenvalue weighted by Gasteiger charge is 2.06. The Balaban J connectivity index is 2.30. The van der Waals surface area contributed by atoms with Gasteiger partial charge in [-0.1, -0.05) is 0 Å². The summed E-state index contributed by atoms with van der Waals surface area (Å²) in [5.41, 5.74) is -0.185. The van der Waals surface area contributed by atoms with Crippen molar-refractivity contribution in [2.24, 2.45) is 12.1 Å². The average molecular weight is 318 g/mol. The molecule has 23 heavy (non-hydrogen) atoms. The van der Waals surface area contributed by atoms with Crippen LogP contribution in [-0.4, -0.2) is 37.0 Å². The van der Waals surface area contributed by atoms with E-state index in [1.54, 1.807) is 45.7 Å². The molecule has 1 N–H and O–H groups in total. The van der Waals surface area contributed by atoms with Gasteiger partial charge in [-0.15, -0.1) is 0 Å². The number of rotatable bonds is 5. The minimum Gasteiger partial charge on any atom is -0.497 e. The van der Waals surface area contributed by atoms with Crippen molar-refractivity contribution in [2.75, 3.05) is 26.3 Å². The first-order chi connectivity index (χ1) is 11.0. The third kappa shape index (κ3) is 3.60. The Morgan fingerprint density at radius 1 is 1.22 bits per heavy atom. The largest absolute Gasteiger partial charge is 0.497 e. The molecular weight excluding hydrogens is 300 g/mol. The van der Waals surface area contributed by atoms with Crippen LogP contribution in [0.3, 0.4) is 0 Å². The topological polar surface area (TPSA) is 88.9 Å². The molecule has 122 valence electrons. The predicted octanol–water partition coefficient (Wildman–Crippen LogP) is 0.561. The molecule has 0 bridgehead atoms. The molecule has 1 aromatic heterocycles. The molecule has 0 aliphatic heterocycles. The summed E-state index contributed by atoms with van der Waals surface area (Å²) in [7, 11) is 6.14. The molecule has 0 fully saturated rings. The van der Waals surface area contributed by atoms with Crippen molar-refractivity contribution < 1.29 is 9.47 Å². The Hall–Kier alpha value is -3.03. The molecule has 0 unspecified atom stereocenters. The molecule has 1 aromatic carbocycles. The summed E-state index contributed by atoms with van der Waals surface area (Å²) in [6.07, 6.45) is 1.56. The fourth-order valence-electron chi connectivity index (χ4n) is 1.85. The average Bonchev–Trinajstić information content (AvgIpc) is 2.56. The molecule has 0 spiro atoms. The van der Waals surface area contributed by atoms with Gasteiger partial charge in [-0.2, -0.15) is 5.10 Å². The second-order valence-electron chi connectivity index (χ2n) is 4.73. The van der Waals surface area contributed by atoms with Crippen molar-refractivity contribution in [1.29, 1.82) is 0 Å². The lowest BCUT2D eigenvalue weighted by Crippen LogP contribution is -2.33. The summed E-state index contributed by atoms with van der Waals surface area (Å²) in [6.45, 7) is 0. The monoisotopic (exact) mass is 318 g/mol. The highest BCUT2D eigenvalue weighted by Crippen LogP contribution is 2.23. The Bertz CT molecular complexity index is 807. The number of benzene rings is 1. The molecule has 2 rings (SSSR count). The summed E-state index contributed by atoms with van der Waals surface area (Å²) < 4.78 is 11.4. The standard InChI is InChI=1S/C15H18N4O4/c1-18-14(20)8-13(17-15(18)21)19(2)16-9-10-5-6-11(22-3)7-12(10)23-4/h5-9H,1-4H3,(H,17,21)/b16-9+. The minimum absolute atomic E-state index is 0.293. The number of methoxy groups -OCH3 is 2. The lowest BCUT2D eigenvalue weighted by molar-refractivity contribution is 0.394. The third-order valence-electron chi connectivity index (χ3n) is 3.29. The molecule has 0 saturated heterocycles. The van der Waals surface area contributed by atoms with E-state index in [2.05, 4.69) is 10.1 Å². The maximum absolute atomic E-state index is 11.6. The minimum atomic E-state index is -0.503. The molecule has 1 heterocycles. The van der Waals surface area contributed by atoms with Crippen molar-refractivity contribution in [1.82, 2.24) is 9.55 Å². The lowest BCUT2D eigenvalue weighted by atomic mass is 10.2. The number of H-pyrrole nitrogens is 1. The van der Waals surface area contributed by atoms with Crippen LogP contribution in [0.15, 0.2) is 39.0 Å². The first kappa shape index (κ1) is 16.3. The van der Waals surface area contributed by atoms with Crippen LogP contribution in [-0.2, 0) is 7.05 Å². The highest BCUT2D eigenvalue weighted by molar-refractivity contribution is 5.84. The van der Waals surface area contributed by atoms with E-state index >= 15 is 0 Å².